The summed E-state index contributed by atoms with van der Waals surface area (Å²) < 4.78 is 10.8. The number of carbonyl (C=O) groups is 1. The normalized spacial score (nSPS) is 10.3. The van der Waals surface area contributed by atoms with Crippen LogP contribution in [0.2, 0.25) is 5.02 Å². The first-order valence-electron chi connectivity index (χ1n) is 6.68. The minimum absolute atomic E-state index is 0.0294. The lowest BCUT2D eigenvalue weighted by molar-refractivity contribution is -0.117. The first-order valence-corrected chi connectivity index (χ1v) is 7.06. The smallest absolute Gasteiger partial charge is 0.437 e. The van der Waals surface area contributed by atoms with Crippen LogP contribution in [-0.4, -0.2) is 15.7 Å². The Bertz CT molecular complexity index is 982. The van der Waals surface area contributed by atoms with Crippen molar-refractivity contribution >= 4 is 23.2 Å². The van der Waals surface area contributed by atoms with E-state index in [0.29, 0.717) is 5.02 Å². The van der Waals surface area contributed by atoms with Gasteiger partial charge in [0.2, 0.25) is 5.91 Å². The number of amides is 1. The van der Waals surface area contributed by atoms with Crippen LogP contribution in [0, 0.1) is 11.3 Å². The molecule has 24 heavy (non-hydrogen) atoms. The van der Waals surface area contributed by atoms with Gasteiger partial charge in [0, 0.05) is 5.02 Å². The Morgan fingerprint density at radius 3 is 2.96 bits per heavy atom. The first-order chi connectivity index (χ1) is 11.6. The molecule has 1 aromatic carbocycles. The number of carbonyl (C=O) groups excluding carboxylic acids is 1. The molecule has 1 N–H and O–H groups in total. The Kier molecular flexibility index (Phi) is 4.18. The molecule has 0 spiro atoms. The quantitative estimate of drug-likeness (QED) is 0.776. The minimum atomic E-state index is -0.803. The molecular formula is C15H9ClN4O4. The van der Waals surface area contributed by atoms with Crippen molar-refractivity contribution in [2.75, 3.05) is 5.32 Å². The largest absolute Gasteiger partial charge is 0.459 e. The number of nitrogens with zero attached hydrogens (tertiary/aromatic N) is 3. The van der Waals surface area contributed by atoms with Gasteiger partial charge in [-0.15, -0.1) is 5.10 Å². The van der Waals surface area contributed by atoms with Gasteiger partial charge in [-0.25, -0.2) is 4.79 Å². The van der Waals surface area contributed by atoms with Gasteiger partial charge in [-0.1, -0.05) is 11.6 Å². The highest BCUT2D eigenvalue weighted by Gasteiger charge is 2.15. The van der Waals surface area contributed by atoms with Crippen LogP contribution in [0.25, 0.3) is 11.7 Å². The highest BCUT2D eigenvalue weighted by atomic mass is 35.5. The summed E-state index contributed by atoms with van der Waals surface area (Å²) in [7, 11) is 0. The van der Waals surface area contributed by atoms with E-state index in [9.17, 15) is 9.59 Å². The monoisotopic (exact) mass is 344 g/mol. The Balaban J connectivity index is 1.78. The molecule has 2 heterocycles. The van der Waals surface area contributed by atoms with Crippen molar-refractivity contribution in [1.29, 1.82) is 5.26 Å². The van der Waals surface area contributed by atoms with Crippen LogP contribution in [0.5, 0.6) is 0 Å². The summed E-state index contributed by atoms with van der Waals surface area (Å²) >= 11 is 5.85. The lowest BCUT2D eigenvalue weighted by atomic mass is 10.2. The zero-order valence-electron chi connectivity index (χ0n) is 12.0. The van der Waals surface area contributed by atoms with Gasteiger partial charge in [-0.05, 0) is 30.3 Å². The maximum Gasteiger partial charge on any atom is 0.437 e. The van der Waals surface area contributed by atoms with E-state index in [1.165, 1.54) is 24.5 Å². The number of nitriles is 1. The van der Waals surface area contributed by atoms with Gasteiger partial charge in [-0.2, -0.15) is 9.94 Å². The van der Waals surface area contributed by atoms with Crippen molar-refractivity contribution in [3.8, 4) is 17.7 Å². The van der Waals surface area contributed by atoms with Crippen LogP contribution in [0.1, 0.15) is 5.56 Å². The molecule has 0 aliphatic rings. The topological polar surface area (TPSA) is 114 Å². The number of hydrogen-bond donors (Lipinski definition) is 1. The van der Waals surface area contributed by atoms with Gasteiger partial charge < -0.3 is 14.2 Å². The van der Waals surface area contributed by atoms with Crippen LogP contribution in [0.15, 0.2) is 50.2 Å². The van der Waals surface area contributed by atoms with Crippen LogP contribution in [0.4, 0.5) is 5.69 Å². The van der Waals surface area contributed by atoms with E-state index in [-0.39, 0.29) is 29.4 Å². The fraction of sp³-hybridized carbons (Fsp3) is 0.0667. The van der Waals surface area contributed by atoms with Crippen molar-refractivity contribution in [3.05, 3.63) is 57.7 Å². The van der Waals surface area contributed by atoms with Gasteiger partial charge in [-0.3, -0.25) is 4.79 Å². The third-order valence-corrected chi connectivity index (χ3v) is 3.24. The number of aromatic nitrogens is 2. The van der Waals surface area contributed by atoms with Crippen LogP contribution >= 0.6 is 11.6 Å². The maximum atomic E-state index is 12.1. The fourth-order valence-electron chi connectivity index (χ4n) is 1.95. The molecule has 9 heteroatoms. The van der Waals surface area contributed by atoms with E-state index in [2.05, 4.69) is 10.4 Å². The molecule has 0 atom stereocenters. The number of furan rings is 1. The molecule has 3 rings (SSSR count). The van der Waals surface area contributed by atoms with E-state index in [1.54, 1.807) is 12.1 Å². The Morgan fingerprint density at radius 1 is 1.42 bits per heavy atom. The van der Waals surface area contributed by atoms with Crippen molar-refractivity contribution in [3.63, 3.8) is 0 Å². The van der Waals surface area contributed by atoms with Crippen LogP contribution in [-0.2, 0) is 11.3 Å². The molecular weight excluding hydrogens is 336 g/mol. The summed E-state index contributed by atoms with van der Waals surface area (Å²) in [5.41, 5.74) is 0.495. The lowest BCUT2D eigenvalue weighted by Gasteiger charge is -2.06. The molecule has 0 aliphatic heterocycles. The predicted octanol–water partition coefficient (Wildman–Crippen LogP) is 2.26. The molecule has 3 aromatic rings. The van der Waals surface area contributed by atoms with Gasteiger partial charge >= 0.3 is 5.76 Å². The Labute approximate surface area is 139 Å². The van der Waals surface area contributed by atoms with Gasteiger partial charge in [0.25, 0.3) is 5.89 Å². The second-order valence-electron chi connectivity index (χ2n) is 4.66. The highest BCUT2D eigenvalue weighted by molar-refractivity contribution is 6.31. The molecule has 0 fully saturated rings. The standard InChI is InChI=1S/C15H9ClN4O4/c16-10-4-3-9(7-17)11(6-10)18-13(21)8-20-15(22)24-14(19-20)12-2-1-5-23-12/h1-6H,8H2,(H,18,21). The molecule has 0 radical (unpaired) electrons. The highest BCUT2D eigenvalue weighted by Crippen LogP contribution is 2.20. The van der Waals surface area contributed by atoms with Crippen molar-refractivity contribution in [2.24, 2.45) is 0 Å². The summed E-state index contributed by atoms with van der Waals surface area (Å²) in [5.74, 6) is -1.12. The third kappa shape index (κ3) is 3.21. The summed E-state index contributed by atoms with van der Waals surface area (Å²) in [6.07, 6.45) is 1.41. The number of nitrogens with one attached hydrogen (secondary N) is 1. The zero-order chi connectivity index (χ0) is 17.1. The van der Waals surface area contributed by atoms with Gasteiger partial charge in [0.1, 0.15) is 12.6 Å². The maximum absolute atomic E-state index is 12.1. The number of benzene rings is 1. The average molecular weight is 345 g/mol. The summed E-state index contributed by atoms with van der Waals surface area (Å²) in [5, 5.41) is 15.8. The van der Waals surface area contributed by atoms with Gasteiger partial charge in [0.15, 0.2) is 5.76 Å². The molecule has 0 bridgehead atoms. The Hall–Kier alpha value is -3.31. The fourth-order valence-corrected chi connectivity index (χ4v) is 2.12. The number of hydrogen-bond acceptors (Lipinski definition) is 6. The number of anilines is 1. The second-order valence-corrected chi connectivity index (χ2v) is 5.09. The van der Waals surface area contributed by atoms with E-state index < -0.39 is 11.7 Å². The average Bonchev–Trinajstić information content (AvgIpc) is 3.18. The van der Waals surface area contributed by atoms with Crippen molar-refractivity contribution in [2.45, 2.75) is 6.54 Å². The van der Waals surface area contributed by atoms with E-state index >= 15 is 0 Å². The second kappa shape index (κ2) is 6.44. The molecule has 1 amide bonds. The van der Waals surface area contributed by atoms with Gasteiger partial charge in [0.05, 0.1) is 17.5 Å². The van der Waals surface area contributed by atoms with E-state index in [4.69, 9.17) is 25.7 Å². The molecule has 8 nitrogen and oxygen atoms in total. The van der Waals surface area contributed by atoms with E-state index in [1.807, 2.05) is 6.07 Å². The minimum Gasteiger partial charge on any atom is -0.459 e. The predicted molar refractivity (Wildman–Crippen MR) is 83.3 cm³/mol. The Morgan fingerprint density at radius 2 is 2.25 bits per heavy atom. The zero-order valence-corrected chi connectivity index (χ0v) is 12.8. The third-order valence-electron chi connectivity index (χ3n) is 3.01. The van der Waals surface area contributed by atoms with Crippen molar-refractivity contribution in [1.82, 2.24) is 9.78 Å². The molecule has 0 aliphatic carbocycles. The summed E-state index contributed by atoms with van der Waals surface area (Å²) in [6.45, 7) is -0.388. The first kappa shape index (κ1) is 15.6. The van der Waals surface area contributed by atoms with Crippen LogP contribution < -0.4 is 11.1 Å². The van der Waals surface area contributed by atoms with Crippen molar-refractivity contribution < 1.29 is 13.6 Å². The van der Waals surface area contributed by atoms with E-state index in [0.717, 1.165) is 4.68 Å². The number of rotatable bonds is 4. The SMILES string of the molecule is N#Cc1ccc(Cl)cc1NC(=O)Cn1nc(-c2ccco2)oc1=O. The molecule has 0 saturated carbocycles. The number of halogens is 1. The summed E-state index contributed by atoms with van der Waals surface area (Å²) in [4.78, 5) is 23.8. The summed E-state index contributed by atoms with van der Waals surface area (Å²) in [6, 6.07) is 9.58. The lowest BCUT2D eigenvalue weighted by Crippen LogP contribution is -2.26. The van der Waals surface area contributed by atoms with Crippen LogP contribution in [0.3, 0.4) is 0 Å². The molecule has 0 unspecified atom stereocenters. The molecule has 0 saturated heterocycles. The molecule has 2 aromatic heterocycles. The molecule has 120 valence electrons.